The Labute approximate surface area is 598 Å². The van der Waals surface area contributed by atoms with Gasteiger partial charge in [0.25, 0.3) is 0 Å². The van der Waals surface area contributed by atoms with E-state index in [1.165, 1.54) is 82.6 Å². The first-order chi connectivity index (χ1) is 46.7. The van der Waals surface area contributed by atoms with Crippen LogP contribution in [0.15, 0.2) is 231 Å². The highest BCUT2D eigenvalue weighted by Gasteiger charge is 2.21. The lowest BCUT2D eigenvalue weighted by Crippen LogP contribution is -2.20. The van der Waals surface area contributed by atoms with Crippen LogP contribution in [0.2, 0.25) is 0 Å². The molecule has 0 bridgehead atoms. The molecule has 9 aromatic rings. The van der Waals surface area contributed by atoms with Gasteiger partial charge in [0.2, 0.25) is 0 Å². The van der Waals surface area contributed by atoms with E-state index in [0.29, 0.717) is 64.8 Å². The zero-order valence-electron chi connectivity index (χ0n) is 60.1. The summed E-state index contributed by atoms with van der Waals surface area (Å²) >= 11 is 6.77. The third-order valence-corrected chi connectivity index (χ3v) is 17.7. The van der Waals surface area contributed by atoms with Gasteiger partial charge in [0.1, 0.15) is 23.3 Å². The van der Waals surface area contributed by atoms with Gasteiger partial charge in [-0.25, -0.2) is 17.6 Å². The van der Waals surface area contributed by atoms with Crippen molar-refractivity contribution in [2.45, 2.75) is 115 Å². The van der Waals surface area contributed by atoms with Crippen molar-refractivity contribution in [3.05, 3.63) is 273 Å². The first-order valence-corrected chi connectivity index (χ1v) is 37.9. The van der Waals surface area contributed by atoms with E-state index >= 15 is 0 Å². The van der Waals surface area contributed by atoms with Crippen LogP contribution < -0.4 is 0 Å². The molecule has 0 N–H and O–H groups in total. The molecule has 0 aliphatic heterocycles. The van der Waals surface area contributed by atoms with Crippen molar-refractivity contribution in [1.29, 1.82) is 0 Å². The van der Waals surface area contributed by atoms with Gasteiger partial charge in [-0.15, -0.1) is 58.4 Å². The van der Waals surface area contributed by atoms with Crippen LogP contribution in [0.5, 0.6) is 0 Å². The summed E-state index contributed by atoms with van der Waals surface area (Å²) in [5.41, 5.74) is 8.44. The number of allylic oxidation sites excluding steroid dienone is 3. The maximum absolute atomic E-state index is 14.2. The lowest BCUT2D eigenvalue weighted by atomic mass is 9.96. The predicted molar refractivity (Wildman–Crippen MR) is 417 cm³/mol. The number of benzene rings is 8. The first kappa shape index (κ1) is 87.5. The molecule has 0 aliphatic rings. The summed E-state index contributed by atoms with van der Waals surface area (Å²) in [7, 11) is 7.86. The molecule has 0 aliphatic carbocycles. The number of carbonyl (C=O) groups is 4. The molecule has 518 valence electrons. The Morgan fingerprint density at radius 2 is 0.804 bits per heavy atom. The molecule has 0 saturated heterocycles. The van der Waals surface area contributed by atoms with Gasteiger partial charge in [0.05, 0.1) is 4.88 Å². The second kappa shape index (κ2) is 49.1. The second-order valence-corrected chi connectivity index (χ2v) is 24.7. The Hall–Kier alpha value is -7.50. The SMILES string of the molecule is CC.CC.CC.CC.CC(C)N(C)C.CC=C(C(=O)c1ccc(SC)c(F)c1)c1ccccc1.CSc1ccc(-c2c(-c3ccccc3)csc2C(C)=O)cc1F.CSc1ccc(C(=O)C(=CN(C)C)c2ccccc2)cc1F.CSc1ccc(C(=O)Cc2ccccc2)cc1F. The third kappa shape index (κ3) is 28.9. The summed E-state index contributed by atoms with van der Waals surface area (Å²) in [5, 5.41) is 1.97. The molecule has 0 radical (unpaired) electrons. The van der Waals surface area contributed by atoms with Crippen LogP contribution in [0, 0.1) is 23.3 Å². The highest BCUT2D eigenvalue weighted by Crippen LogP contribution is 2.41. The van der Waals surface area contributed by atoms with Crippen molar-refractivity contribution >= 4 is 92.7 Å². The van der Waals surface area contributed by atoms with Crippen molar-refractivity contribution in [1.82, 2.24) is 9.80 Å². The van der Waals surface area contributed by atoms with E-state index < -0.39 is 0 Å². The van der Waals surface area contributed by atoms with Gasteiger partial charge in [-0.1, -0.05) is 195 Å². The van der Waals surface area contributed by atoms with Crippen LogP contribution in [0.1, 0.15) is 141 Å². The van der Waals surface area contributed by atoms with Crippen molar-refractivity contribution < 1.29 is 36.7 Å². The summed E-state index contributed by atoms with van der Waals surface area (Å²) in [6.07, 6.45) is 11.1. The van der Waals surface area contributed by atoms with Crippen LogP contribution in [0.3, 0.4) is 0 Å². The number of Topliss-reactive ketones (excluding diaryl/α,β-unsaturated/α-hetero) is 4. The topological polar surface area (TPSA) is 74.8 Å². The van der Waals surface area contributed by atoms with Gasteiger partial charge in [-0.3, -0.25) is 19.2 Å². The van der Waals surface area contributed by atoms with E-state index in [9.17, 15) is 36.7 Å². The number of hydrogen-bond donors (Lipinski definition) is 0. The molecule has 8 aromatic carbocycles. The largest absolute Gasteiger partial charge is 0.383 e. The van der Waals surface area contributed by atoms with E-state index in [1.807, 2.05) is 227 Å². The minimum atomic E-state index is -0.365. The summed E-state index contributed by atoms with van der Waals surface area (Å²) in [4.78, 5) is 56.1. The Bertz CT molecular complexity index is 3830. The maximum atomic E-state index is 14.2. The minimum absolute atomic E-state index is 0.00142. The average molecular weight is 1410 g/mol. The number of carbonyl (C=O) groups excluding carboxylic acids is 4. The Balaban J connectivity index is 0.000000609. The predicted octanol–water partition coefficient (Wildman–Crippen LogP) is 24.3. The molecule has 0 spiro atoms. The first-order valence-electron chi connectivity index (χ1n) is 32.2. The highest BCUT2D eigenvalue weighted by molar-refractivity contribution is 7.99. The van der Waals surface area contributed by atoms with Gasteiger partial charge in [0.15, 0.2) is 23.1 Å². The number of ketones is 4. The molecular formula is C82H98F4N2O4S5. The van der Waals surface area contributed by atoms with Crippen molar-refractivity contribution in [2.24, 2.45) is 0 Å². The quantitative estimate of drug-likeness (QED) is 0.0359. The van der Waals surface area contributed by atoms with E-state index in [2.05, 4.69) is 32.8 Å². The number of rotatable bonds is 18. The van der Waals surface area contributed by atoms with E-state index in [4.69, 9.17) is 0 Å². The Morgan fingerprint density at radius 1 is 0.454 bits per heavy atom. The third-order valence-electron chi connectivity index (χ3n) is 13.5. The molecule has 6 nitrogen and oxygen atoms in total. The zero-order valence-corrected chi connectivity index (χ0v) is 64.2. The smallest absolute Gasteiger partial charge is 0.195 e. The van der Waals surface area contributed by atoms with Crippen molar-refractivity contribution in [3.63, 3.8) is 0 Å². The van der Waals surface area contributed by atoms with Crippen molar-refractivity contribution in [2.75, 3.05) is 53.2 Å². The molecule has 1 heterocycles. The van der Waals surface area contributed by atoms with Crippen molar-refractivity contribution in [3.8, 4) is 22.3 Å². The van der Waals surface area contributed by atoms with Gasteiger partial charge in [-0.05, 0) is 161 Å². The fourth-order valence-corrected chi connectivity index (χ4v) is 11.2. The zero-order chi connectivity index (χ0) is 73.2. The number of thioether (sulfide) groups is 4. The average Bonchev–Trinajstić information content (AvgIpc) is 1.68. The molecule has 1 aromatic heterocycles. The summed E-state index contributed by atoms with van der Waals surface area (Å²) in [5.74, 6) is -1.72. The Morgan fingerprint density at radius 3 is 1.16 bits per heavy atom. The van der Waals surface area contributed by atoms with Gasteiger partial charge in [0, 0.05) is 91.3 Å². The Kier molecular flexibility index (Phi) is 44.3. The van der Waals surface area contributed by atoms with Gasteiger partial charge < -0.3 is 9.80 Å². The minimum Gasteiger partial charge on any atom is -0.383 e. The number of nitrogens with zero attached hydrogens (tertiary/aromatic N) is 2. The molecule has 0 unspecified atom stereocenters. The molecule has 0 saturated carbocycles. The van der Waals surface area contributed by atoms with Crippen LogP contribution >= 0.6 is 58.4 Å². The maximum Gasteiger partial charge on any atom is 0.195 e. The molecule has 0 amide bonds. The summed E-state index contributed by atoms with van der Waals surface area (Å²) in [6.45, 7) is 23.7. The summed E-state index contributed by atoms with van der Waals surface area (Å²) in [6, 6.07) is 57.9. The molecule has 15 heteroatoms. The monoisotopic (exact) mass is 1410 g/mol. The van der Waals surface area contributed by atoms with Gasteiger partial charge >= 0.3 is 0 Å². The molecular weight excluding hydrogens is 1310 g/mol. The lowest BCUT2D eigenvalue weighted by molar-refractivity contribution is 0.0989. The number of halogens is 4. The van der Waals surface area contributed by atoms with Crippen LogP contribution in [-0.2, 0) is 6.42 Å². The molecule has 9 rings (SSSR count). The normalized spacial score (nSPS) is 10.3. The van der Waals surface area contributed by atoms with Gasteiger partial charge in [-0.2, -0.15) is 0 Å². The molecule has 0 atom stereocenters. The second-order valence-electron chi connectivity index (χ2n) is 20.4. The molecule has 0 fully saturated rings. The molecule has 97 heavy (non-hydrogen) atoms. The fraction of sp³-hybridized carbons (Fsp3) is 0.268. The highest BCUT2D eigenvalue weighted by atomic mass is 32.2. The van der Waals surface area contributed by atoms with Crippen LogP contribution in [0.25, 0.3) is 33.4 Å². The number of hydrogen-bond acceptors (Lipinski definition) is 11. The van der Waals surface area contributed by atoms with E-state index in [1.54, 1.807) is 74.2 Å². The fourth-order valence-electron chi connectivity index (χ4n) is 8.39. The van der Waals surface area contributed by atoms with Crippen LogP contribution in [-0.4, -0.2) is 92.2 Å². The van der Waals surface area contributed by atoms with Crippen LogP contribution in [0.4, 0.5) is 17.6 Å². The lowest BCUT2D eigenvalue weighted by Gasteiger charge is -2.12. The van der Waals surface area contributed by atoms with E-state index in [0.717, 1.165) is 38.9 Å². The summed E-state index contributed by atoms with van der Waals surface area (Å²) < 4.78 is 55.5. The standard InChI is InChI=1S/C19H15FOS2.C18H18FNOS.C17H15FOS.C15H13FOS.C5H13N.4C2H6/c1-12(21)19-18(14-8-9-17(22-2)16(20)10-14)15(11-23-19)13-6-4-3-5-7-13;1-20(2)12-15(13-7-5-4-6-8-13)18(21)14-9-10-17(22-3)16(19)11-14;1-3-14(12-7-5-4-6-8-12)17(19)13-9-10-16(20-2)15(18)11-13;1-18-15-8-7-12(10-13(15)16)14(17)9-11-5-3-2-4-6-11;1-5(2)6(3)4;4*1-2/h3-11H,1-2H3;4-12H,1-3H3;3-11H,1-2H3;2-8,10H,9H2,1H3;5H,1-4H3;4*1-2H3. The van der Waals surface area contributed by atoms with E-state index in [-0.39, 0.29) is 46.4 Å². The number of thiophene rings is 1.